The molecule has 1 fully saturated rings. The van der Waals surface area contributed by atoms with Crippen LogP contribution in [0.2, 0.25) is 0 Å². The van der Waals surface area contributed by atoms with Crippen LogP contribution >= 0.6 is 0 Å². The van der Waals surface area contributed by atoms with Gasteiger partial charge in [0.1, 0.15) is 0 Å². The molecule has 26 heavy (non-hydrogen) atoms. The van der Waals surface area contributed by atoms with Gasteiger partial charge in [-0.3, -0.25) is 0 Å². The molecule has 0 saturated heterocycles. The summed E-state index contributed by atoms with van der Waals surface area (Å²) in [5.41, 5.74) is 1.20. The maximum atomic E-state index is 7.50. The fourth-order valence-corrected chi connectivity index (χ4v) is 1.32. The van der Waals surface area contributed by atoms with Crippen LogP contribution in [0, 0.1) is 76.2 Å². The minimum absolute atomic E-state index is 0. The van der Waals surface area contributed by atoms with E-state index < -0.39 is 0 Å². The van der Waals surface area contributed by atoms with Crippen molar-refractivity contribution in [3.8, 4) is 4.20 Å². The summed E-state index contributed by atoms with van der Waals surface area (Å²) in [4.78, 5) is 0. The van der Waals surface area contributed by atoms with Gasteiger partial charge in [-0.05, 0) is 32.1 Å². The quantitative estimate of drug-likeness (QED) is 0.262. The van der Waals surface area contributed by atoms with Gasteiger partial charge in [-0.1, -0.05) is 0 Å². The zero-order chi connectivity index (χ0) is 21.4. The van der Waals surface area contributed by atoms with Crippen molar-refractivity contribution in [2.75, 3.05) is 0 Å². The van der Waals surface area contributed by atoms with E-state index in [9.17, 15) is 0 Å². The van der Waals surface area contributed by atoms with E-state index in [0.717, 1.165) is 0 Å². The molecule has 0 aromatic heterocycles. The summed E-state index contributed by atoms with van der Waals surface area (Å²) in [6.07, 6.45) is 10.0. The Bertz CT molecular complexity index is 439. The van der Waals surface area contributed by atoms with Crippen LogP contribution in [0.1, 0.15) is 5.56 Å². The Morgan fingerprint density at radius 1 is 0.538 bits per heavy atom. The van der Waals surface area contributed by atoms with Gasteiger partial charge in [0.25, 0.3) is 0 Å². The van der Waals surface area contributed by atoms with E-state index in [2.05, 4.69) is 44.1 Å². The first-order valence-corrected chi connectivity index (χ1v) is 6.72. The molecule has 1 aliphatic carbocycles. The van der Waals surface area contributed by atoms with Gasteiger partial charge in [-0.25, -0.2) is 0 Å². The molecule has 5 radical (unpaired) electrons. The fourth-order valence-electron chi connectivity index (χ4n) is 0.827. The molecule has 1 saturated carbocycles. The monoisotopic (exact) mass is 562 g/mol. The van der Waals surface area contributed by atoms with Crippen molar-refractivity contribution < 1.29 is 64.1 Å². The van der Waals surface area contributed by atoms with Crippen molar-refractivity contribution in [1.82, 2.24) is 0 Å². The standard InChI is InChI=1S/C7H5.C5H5.6CO.Fe.W/c1-7-5-3-2-4-6-7;1-2-4-5-3-1;6*1-2;;/h2-6H;1-5H;;;;;;;;/q;;;;;;;;;+1. The normalized spacial score (nSPS) is 7.50. The molecule has 8 heteroatoms. The van der Waals surface area contributed by atoms with E-state index in [-0.39, 0.29) is 17.1 Å². The molecule has 1 aromatic rings. The topological polar surface area (TPSA) is 119 Å². The summed E-state index contributed by atoms with van der Waals surface area (Å²) in [5.74, 6) is 0. The third kappa shape index (κ3) is 57.0. The molecule has 1 aromatic carbocycles. The van der Waals surface area contributed by atoms with Crippen LogP contribution < -0.4 is 0 Å². The third-order valence-corrected chi connectivity index (χ3v) is 2.29. The number of benzene rings is 1. The Labute approximate surface area is 175 Å². The Kier molecular flexibility index (Phi) is 129. The first-order chi connectivity index (χ1) is 12.4. The van der Waals surface area contributed by atoms with Gasteiger partial charge in [0, 0.05) is 17.1 Å². The fraction of sp³-hybridized carbons (Fsp3) is 0. The van der Waals surface area contributed by atoms with Crippen LogP contribution in [0.15, 0.2) is 30.3 Å². The molecule has 2 rings (SSSR count). The molecule has 0 spiro atoms. The first kappa shape index (κ1) is 44.3. The Hall–Kier alpha value is -1.35. The first-order valence-electron chi connectivity index (χ1n) is 5.26. The molecule has 1 aliphatic rings. The Morgan fingerprint density at radius 3 is 0.923 bits per heavy atom. The second-order valence-electron chi connectivity index (χ2n) is 2.43. The molecule has 131 valence electrons. The van der Waals surface area contributed by atoms with Crippen molar-refractivity contribution in [2.45, 2.75) is 0 Å². The summed E-state index contributed by atoms with van der Waals surface area (Å²) in [6, 6.07) is 10.1. The summed E-state index contributed by atoms with van der Waals surface area (Å²) >= 11 is 1.38. The van der Waals surface area contributed by atoms with Crippen LogP contribution in [0.3, 0.4) is 0 Å². The third-order valence-electron chi connectivity index (χ3n) is 1.45. The molecule has 0 N–H and O–H groups in total. The van der Waals surface area contributed by atoms with Crippen LogP contribution in [0.4, 0.5) is 0 Å². The predicted molar refractivity (Wildman–Crippen MR) is 74.5 cm³/mol. The van der Waals surface area contributed by atoms with E-state index in [1.807, 2.05) is 62.4 Å². The second kappa shape index (κ2) is 75.8. The predicted octanol–water partition coefficient (Wildman–Crippen LogP) is 2.33. The van der Waals surface area contributed by atoms with Crippen LogP contribution in [0.5, 0.6) is 0 Å². The summed E-state index contributed by atoms with van der Waals surface area (Å²) in [6.45, 7) is 27.0. The molecule has 0 amide bonds. The van der Waals surface area contributed by atoms with E-state index in [1.165, 1.54) is 24.7 Å². The van der Waals surface area contributed by atoms with Crippen molar-refractivity contribution in [1.29, 1.82) is 0 Å². The maximum absolute atomic E-state index is 7.50. The van der Waals surface area contributed by atoms with Gasteiger partial charge in [-0.15, -0.1) is 0 Å². The van der Waals surface area contributed by atoms with Gasteiger partial charge in [-0.2, -0.15) is 0 Å². The SMILES string of the molecule is [C-]#[O+].[C-]#[O+].[C-]#[O+].[C-]#[O+].[C-]#[O+].[C-]#[O+].[CH]1[CH][CH][CH][CH]1.[Fe].[W+]#[C]c1ccccc1. The summed E-state index contributed by atoms with van der Waals surface area (Å²) < 4.78 is 48.1. The van der Waals surface area contributed by atoms with Gasteiger partial charge in [0.05, 0.1) is 0 Å². The van der Waals surface area contributed by atoms with Crippen LogP contribution in [-0.4, -0.2) is 0 Å². The molecule has 0 atom stereocenters. The van der Waals surface area contributed by atoms with E-state index >= 15 is 0 Å². The molecular weight excluding hydrogens is 552 g/mol. The van der Waals surface area contributed by atoms with Crippen molar-refractivity contribution in [3.05, 3.63) is 108 Å². The Morgan fingerprint density at radius 2 is 0.769 bits per heavy atom. The molecule has 0 heterocycles. The molecule has 0 unspecified atom stereocenters. The van der Waals surface area contributed by atoms with Crippen LogP contribution in [0.25, 0.3) is 0 Å². The summed E-state index contributed by atoms with van der Waals surface area (Å²) in [5, 5.41) is 0. The van der Waals surface area contributed by atoms with Crippen molar-refractivity contribution in [2.24, 2.45) is 0 Å². The zero-order valence-electron chi connectivity index (χ0n) is 13.0. The number of hydrogen-bond acceptors (Lipinski definition) is 0. The second-order valence-corrected chi connectivity index (χ2v) is 3.16. The van der Waals surface area contributed by atoms with Gasteiger partial charge >= 0.3 is 127 Å². The van der Waals surface area contributed by atoms with Gasteiger partial charge < -0.3 is 0 Å². The summed E-state index contributed by atoms with van der Waals surface area (Å²) in [7, 11) is 0. The number of hydrogen-bond donors (Lipinski definition) is 0. The molecule has 0 aliphatic heterocycles. The minimum atomic E-state index is 0. The Balaban J connectivity index is -0.0000000354. The van der Waals surface area contributed by atoms with Crippen LogP contribution in [-0.2, 0) is 64.1 Å². The van der Waals surface area contributed by atoms with Gasteiger partial charge in [0.15, 0.2) is 0 Å². The molecule has 6 nitrogen and oxygen atoms in total. The van der Waals surface area contributed by atoms with E-state index in [1.54, 1.807) is 0 Å². The van der Waals surface area contributed by atoms with Gasteiger partial charge in [0.2, 0.25) is 0 Å². The van der Waals surface area contributed by atoms with E-state index in [4.69, 9.17) is 27.9 Å². The average Bonchev–Trinajstić information content (AvgIpc) is 3.38. The molecule has 0 bridgehead atoms. The average molecular weight is 562 g/mol. The van der Waals surface area contributed by atoms with E-state index in [0.29, 0.717) is 0 Å². The molecular formula is C18H10FeO6W+. The van der Waals surface area contributed by atoms with Crippen molar-refractivity contribution >= 4 is 0 Å². The van der Waals surface area contributed by atoms with Crippen molar-refractivity contribution in [3.63, 3.8) is 0 Å². The zero-order valence-corrected chi connectivity index (χ0v) is 17.0. The number of rotatable bonds is 0.